The van der Waals surface area contributed by atoms with Gasteiger partial charge in [-0.05, 0) is 30.6 Å². The number of hydrogen-bond acceptors (Lipinski definition) is 4. The summed E-state index contributed by atoms with van der Waals surface area (Å²) in [5.41, 5.74) is 4.17. The molecular weight excluding hydrogens is 228 g/mol. The third-order valence-corrected chi connectivity index (χ3v) is 4.23. The highest BCUT2D eigenvalue weighted by Crippen LogP contribution is 2.42. The second-order valence-electron chi connectivity index (χ2n) is 3.64. The van der Waals surface area contributed by atoms with Gasteiger partial charge in [-0.3, -0.25) is 0 Å². The fourth-order valence-electron chi connectivity index (χ4n) is 1.63. The van der Waals surface area contributed by atoms with Gasteiger partial charge < -0.3 is 5.11 Å². The number of para-hydroxylation sites is 1. The molecule has 1 saturated heterocycles. The van der Waals surface area contributed by atoms with Gasteiger partial charge in [-0.2, -0.15) is 4.59 Å². The van der Waals surface area contributed by atoms with Crippen LogP contribution in [0.3, 0.4) is 0 Å². The van der Waals surface area contributed by atoms with E-state index in [-0.39, 0.29) is 6.17 Å². The number of nitrogens with one attached hydrogen (secondary N) is 1. The Morgan fingerprint density at radius 1 is 1.53 bits per heavy atom. The van der Waals surface area contributed by atoms with Gasteiger partial charge in [0.1, 0.15) is 5.75 Å². The molecule has 1 aliphatic heterocycles. The molecule has 1 aliphatic rings. The number of hydrogen-bond donors (Lipinski definition) is 2. The van der Waals surface area contributed by atoms with E-state index in [0.29, 0.717) is 10.3 Å². The third kappa shape index (κ3) is 1.76. The van der Waals surface area contributed by atoms with Gasteiger partial charge in [-0.1, -0.05) is 29.3 Å². The molecule has 1 aromatic rings. The molecule has 0 radical (unpaired) electrons. The lowest BCUT2D eigenvalue weighted by Gasteiger charge is -2.09. The van der Waals surface area contributed by atoms with E-state index in [4.69, 9.17) is 12.2 Å². The molecule has 2 unspecified atom stereocenters. The highest BCUT2D eigenvalue weighted by Gasteiger charge is 2.57. The molecule has 0 spiro atoms. The first-order valence-electron chi connectivity index (χ1n) is 4.60. The summed E-state index contributed by atoms with van der Waals surface area (Å²) in [5, 5.41) is 9.71. The van der Waals surface area contributed by atoms with Crippen molar-refractivity contribution in [3.8, 4) is 5.75 Å². The van der Waals surface area contributed by atoms with Crippen molar-refractivity contribution in [2.24, 2.45) is 0 Å². The second kappa shape index (κ2) is 3.75. The highest BCUT2D eigenvalue weighted by molar-refractivity contribution is 8.22. The monoisotopic (exact) mass is 241 g/mol. The maximum absolute atomic E-state index is 9.71. The molecule has 2 rings (SSSR count). The maximum atomic E-state index is 9.71. The molecule has 1 heterocycles. The van der Waals surface area contributed by atoms with E-state index in [1.807, 2.05) is 31.5 Å². The molecule has 15 heavy (non-hydrogen) atoms. The molecule has 0 amide bonds. The van der Waals surface area contributed by atoms with Crippen LogP contribution in [0.2, 0.25) is 0 Å². The van der Waals surface area contributed by atoms with E-state index in [0.717, 1.165) is 9.88 Å². The molecule has 5 heteroatoms. The van der Waals surface area contributed by atoms with Gasteiger partial charge in [-0.25, -0.2) is 0 Å². The Morgan fingerprint density at radius 2 is 2.20 bits per heavy atom. The normalized spacial score (nSPS) is 28.8. The van der Waals surface area contributed by atoms with Crippen molar-refractivity contribution in [3.63, 3.8) is 0 Å². The first kappa shape index (κ1) is 10.9. The predicted octanol–water partition coefficient (Wildman–Crippen LogP) is 2.00. The molecule has 1 fully saturated rings. The fraction of sp³-hybridized carbons (Fsp3) is 0.300. The Morgan fingerprint density at radius 3 is 2.80 bits per heavy atom. The van der Waals surface area contributed by atoms with Crippen molar-refractivity contribution in [2.45, 2.75) is 6.17 Å². The van der Waals surface area contributed by atoms with Crippen LogP contribution in [0.15, 0.2) is 24.3 Å². The highest BCUT2D eigenvalue weighted by atomic mass is 32.2. The molecule has 80 valence electrons. The summed E-state index contributed by atoms with van der Waals surface area (Å²) in [7, 11) is 2.01. The van der Waals surface area contributed by atoms with Gasteiger partial charge in [0, 0.05) is 0 Å². The van der Waals surface area contributed by atoms with E-state index in [9.17, 15) is 5.11 Å². The summed E-state index contributed by atoms with van der Waals surface area (Å²) in [6.45, 7) is 0. The molecule has 0 aromatic heterocycles. The Labute approximate surface area is 98.7 Å². The predicted molar refractivity (Wildman–Crippen MR) is 66.3 cm³/mol. The van der Waals surface area contributed by atoms with Gasteiger partial charge >= 0.3 is 0 Å². The number of thioether (sulfide) groups is 1. The lowest BCUT2D eigenvalue weighted by molar-refractivity contribution is -0.713. The smallest absolute Gasteiger partial charge is 0.254 e. The zero-order valence-electron chi connectivity index (χ0n) is 8.60. The van der Waals surface area contributed by atoms with Crippen molar-refractivity contribution < 1.29 is 9.70 Å². The number of nitrogens with zero attached hydrogens (tertiary/aromatic N) is 1. The minimum atomic E-state index is 0.0890. The van der Waals surface area contributed by atoms with E-state index < -0.39 is 0 Å². The van der Waals surface area contributed by atoms with E-state index in [2.05, 4.69) is 5.43 Å². The zero-order valence-corrected chi connectivity index (χ0v) is 10.2. The molecule has 0 aliphatic carbocycles. The van der Waals surface area contributed by atoms with Crippen molar-refractivity contribution in [1.29, 1.82) is 0 Å². The summed E-state index contributed by atoms with van der Waals surface area (Å²) in [6.07, 6.45) is 2.06. The van der Waals surface area contributed by atoms with Gasteiger partial charge in [-0.15, -0.1) is 0 Å². The van der Waals surface area contributed by atoms with Crippen LogP contribution < -0.4 is 5.43 Å². The van der Waals surface area contributed by atoms with Crippen molar-refractivity contribution in [2.75, 3.05) is 13.3 Å². The van der Waals surface area contributed by atoms with Gasteiger partial charge in [0.15, 0.2) is 0 Å². The van der Waals surface area contributed by atoms with Crippen molar-refractivity contribution >= 4 is 28.3 Å². The molecule has 1 aromatic carbocycles. The van der Waals surface area contributed by atoms with E-state index in [1.54, 1.807) is 17.8 Å². The summed E-state index contributed by atoms with van der Waals surface area (Å²) in [5.74, 6) is 0.320. The Kier molecular flexibility index (Phi) is 2.72. The number of rotatable bonds is 1. The number of aromatic hydroxyl groups is 1. The molecule has 0 bridgehead atoms. The largest absolute Gasteiger partial charge is 0.507 e. The summed E-state index contributed by atoms with van der Waals surface area (Å²) in [6, 6.07) is 7.35. The molecule has 3 nitrogen and oxygen atoms in total. The van der Waals surface area contributed by atoms with E-state index in [1.165, 1.54) is 0 Å². The number of thiocarbonyl (C=S) groups is 1. The molecular formula is C10H13N2OS2+. The lowest BCUT2D eigenvalue weighted by atomic mass is 10.2. The van der Waals surface area contributed by atoms with Crippen LogP contribution in [-0.2, 0) is 0 Å². The summed E-state index contributed by atoms with van der Waals surface area (Å²) in [4.78, 5) is 0. The van der Waals surface area contributed by atoms with Crippen LogP contribution in [0.25, 0.3) is 0 Å². The Bertz CT molecular complexity index is 410. The second-order valence-corrected chi connectivity index (χ2v) is 5.08. The van der Waals surface area contributed by atoms with Crippen molar-refractivity contribution in [3.05, 3.63) is 29.8 Å². The number of phenols is 1. The van der Waals surface area contributed by atoms with Crippen LogP contribution in [-0.4, -0.2) is 27.3 Å². The van der Waals surface area contributed by atoms with Crippen LogP contribution in [0.5, 0.6) is 5.75 Å². The molecule has 0 saturated carbocycles. The van der Waals surface area contributed by atoms with Gasteiger partial charge in [0.25, 0.3) is 4.32 Å². The van der Waals surface area contributed by atoms with Crippen LogP contribution in [0.4, 0.5) is 0 Å². The quantitative estimate of drug-likeness (QED) is 0.448. The minimum absolute atomic E-state index is 0.0890. The van der Waals surface area contributed by atoms with Crippen LogP contribution in [0.1, 0.15) is 11.7 Å². The minimum Gasteiger partial charge on any atom is -0.507 e. The lowest BCUT2D eigenvalue weighted by Crippen LogP contribution is -2.28. The van der Waals surface area contributed by atoms with Gasteiger partial charge in [0.05, 0.1) is 12.6 Å². The average Bonchev–Trinajstić information content (AvgIpc) is 2.91. The van der Waals surface area contributed by atoms with Crippen LogP contribution >= 0.6 is 24.0 Å². The number of benzene rings is 1. The summed E-state index contributed by atoms with van der Waals surface area (Å²) >= 11 is 6.82. The standard InChI is InChI=1S/C10H12N2OS2/c1-12(10(14)15-2)9(11-12)7-5-3-4-6-8(7)13/h3-6,9,11H,1-2H3/p+1. The maximum Gasteiger partial charge on any atom is 0.254 e. The SMILES string of the molecule is CSC(=S)[N+]1(C)NC1c1ccccc1O. The third-order valence-electron chi connectivity index (χ3n) is 2.62. The average molecular weight is 241 g/mol. The fourth-order valence-corrected chi connectivity index (χ4v) is 2.33. The number of quaternary nitrogens is 1. The number of phenolic OH excluding ortho intramolecular Hbond substituents is 1. The van der Waals surface area contributed by atoms with Gasteiger partial charge in [0.2, 0.25) is 6.17 Å². The van der Waals surface area contributed by atoms with Crippen LogP contribution in [0, 0.1) is 0 Å². The first-order chi connectivity index (χ1) is 7.09. The summed E-state index contributed by atoms with van der Waals surface area (Å²) < 4.78 is 1.40. The van der Waals surface area contributed by atoms with E-state index >= 15 is 0 Å². The zero-order chi connectivity index (χ0) is 11.1. The molecule has 2 N–H and O–H groups in total. The Balaban J connectivity index is 2.24. The molecule has 2 atom stereocenters. The van der Waals surface area contributed by atoms with Crippen molar-refractivity contribution in [1.82, 2.24) is 5.43 Å². The topological polar surface area (TPSA) is 42.2 Å². The Hall–Kier alpha value is -0.620. The first-order valence-corrected chi connectivity index (χ1v) is 6.23.